The molecular formula is C22H26N2O3. The highest BCUT2D eigenvalue weighted by molar-refractivity contribution is 5.80. The first kappa shape index (κ1) is 16.0. The molecule has 3 saturated heterocycles. The molecule has 1 N–H and O–H groups in total. The average Bonchev–Trinajstić information content (AvgIpc) is 2.68. The molecule has 5 heteroatoms. The molecule has 142 valence electrons. The van der Waals surface area contributed by atoms with Crippen LogP contribution in [0.1, 0.15) is 37.7 Å². The van der Waals surface area contributed by atoms with E-state index in [9.17, 15) is 9.90 Å². The van der Waals surface area contributed by atoms with Crippen molar-refractivity contribution >= 4 is 16.9 Å². The van der Waals surface area contributed by atoms with Crippen LogP contribution in [0.3, 0.4) is 0 Å². The number of phenolic OH excluding ortho intramolecular Hbond substituents is 1. The SMILES string of the molecule is O=c1c2c(oc3cc(O)ccc13)N1C[C@@H]3CCCN4CCC[C@@H]([C@H]34)[C@H]1CC2. The van der Waals surface area contributed by atoms with Gasteiger partial charge >= 0.3 is 0 Å². The minimum atomic E-state index is 0.0840. The van der Waals surface area contributed by atoms with E-state index in [2.05, 4.69) is 9.80 Å². The van der Waals surface area contributed by atoms with E-state index in [0.29, 0.717) is 28.8 Å². The molecule has 3 fully saturated rings. The number of phenols is 1. The fourth-order valence-electron chi connectivity index (χ4n) is 6.55. The number of aromatic hydroxyl groups is 1. The molecule has 27 heavy (non-hydrogen) atoms. The summed E-state index contributed by atoms with van der Waals surface area (Å²) in [6, 6.07) is 6.05. The largest absolute Gasteiger partial charge is 0.508 e. The van der Waals surface area contributed by atoms with E-state index in [-0.39, 0.29) is 11.2 Å². The van der Waals surface area contributed by atoms with Gasteiger partial charge < -0.3 is 14.4 Å². The van der Waals surface area contributed by atoms with Gasteiger partial charge in [-0.15, -0.1) is 0 Å². The van der Waals surface area contributed by atoms with Crippen molar-refractivity contribution < 1.29 is 9.52 Å². The first-order chi connectivity index (χ1) is 13.2. The van der Waals surface area contributed by atoms with E-state index in [0.717, 1.165) is 36.9 Å². The van der Waals surface area contributed by atoms with Crippen molar-refractivity contribution in [2.75, 3.05) is 24.5 Å². The highest BCUT2D eigenvalue weighted by Gasteiger charge is 2.50. The van der Waals surface area contributed by atoms with Crippen LogP contribution in [0, 0.1) is 11.8 Å². The van der Waals surface area contributed by atoms with Crippen molar-refractivity contribution in [1.29, 1.82) is 0 Å². The predicted octanol–water partition coefficient (Wildman–Crippen LogP) is 3.12. The third-order valence-corrected chi connectivity index (χ3v) is 7.57. The van der Waals surface area contributed by atoms with Gasteiger partial charge in [-0.25, -0.2) is 0 Å². The predicted molar refractivity (Wildman–Crippen MR) is 104 cm³/mol. The van der Waals surface area contributed by atoms with Crippen molar-refractivity contribution in [1.82, 2.24) is 4.90 Å². The van der Waals surface area contributed by atoms with Gasteiger partial charge in [0.15, 0.2) is 5.43 Å². The topological polar surface area (TPSA) is 56.9 Å². The zero-order chi connectivity index (χ0) is 18.1. The van der Waals surface area contributed by atoms with Gasteiger partial charge in [0.05, 0.1) is 10.9 Å². The Labute approximate surface area is 158 Å². The molecule has 5 heterocycles. The van der Waals surface area contributed by atoms with Gasteiger partial charge in [-0.05, 0) is 75.6 Å². The Bertz CT molecular complexity index is 966. The summed E-state index contributed by atoms with van der Waals surface area (Å²) in [6.07, 6.45) is 7.03. The molecule has 5 nitrogen and oxygen atoms in total. The number of benzene rings is 1. The lowest BCUT2D eigenvalue weighted by Crippen LogP contribution is -2.65. The van der Waals surface area contributed by atoms with Crippen LogP contribution in [0.5, 0.6) is 5.75 Å². The Morgan fingerprint density at radius 3 is 2.85 bits per heavy atom. The zero-order valence-corrected chi connectivity index (χ0v) is 15.6. The number of anilines is 1. The van der Waals surface area contributed by atoms with E-state index in [1.807, 2.05) is 0 Å². The minimum absolute atomic E-state index is 0.0840. The molecule has 4 aliphatic rings. The summed E-state index contributed by atoms with van der Waals surface area (Å²) in [4.78, 5) is 18.3. The minimum Gasteiger partial charge on any atom is -0.508 e. The molecular weight excluding hydrogens is 340 g/mol. The Kier molecular flexibility index (Phi) is 3.40. The standard InChI is InChI=1S/C22H26N2O3/c25-14-5-6-16-19(11-14)27-22-17(21(16)26)7-8-18-15-4-2-10-23-9-1-3-13(20(15)23)12-24(18)22/h5-6,11,13,15,18,20,25H,1-4,7-10,12H2/t13-,15+,18+,20-/m0/s1. The Balaban J connectivity index is 1.48. The second kappa shape index (κ2) is 5.74. The van der Waals surface area contributed by atoms with Crippen LogP contribution >= 0.6 is 0 Å². The number of fused-ring (bicyclic) bond motifs is 5. The Morgan fingerprint density at radius 2 is 1.96 bits per heavy atom. The lowest BCUT2D eigenvalue weighted by atomic mass is 9.68. The van der Waals surface area contributed by atoms with Crippen molar-refractivity contribution in [3.05, 3.63) is 34.0 Å². The Morgan fingerprint density at radius 1 is 1.11 bits per heavy atom. The lowest BCUT2D eigenvalue weighted by molar-refractivity contribution is -0.0152. The summed E-state index contributed by atoms with van der Waals surface area (Å²) >= 11 is 0. The number of hydrogen-bond donors (Lipinski definition) is 1. The molecule has 1 aromatic carbocycles. The molecule has 2 aromatic rings. The molecule has 0 saturated carbocycles. The lowest BCUT2D eigenvalue weighted by Gasteiger charge is -2.58. The molecule has 4 atom stereocenters. The van der Waals surface area contributed by atoms with Crippen LogP contribution in [0.15, 0.2) is 27.4 Å². The molecule has 0 bridgehead atoms. The fourth-order valence-corrected chi connectivity index (χ4v) is 6.55. The second-order valence-corrected chi connectivity index (χ2v) is 8.89. The zero-order valence-electron chi connectivity index (χ0n) is 15.6. The van der Waals surface area contributed by atoms with Gasteiger partial charge in [0.25, 0.3) is 0 Å². The van der Waals surface area contributed by atoms with Crippen LogP contribution in [0.4, 0.5) is 5.88 Å². The molecule has 0 spiro atoms. The van der Waals surface area contributed by atoms with Crippen LogP contribution in [-0.4, -0.2) is 41.7 Å². The number of hydrogen-bond acceptors (Lipinski definition) is 5. The van der Waals surface area contributed by atoms with Crippen molar-refractivity contribution in [2.45, 2.75) is 50.6 Å². The van der Waals surface area contributed by atoms with E-state index in [1.54, 1.807) is 18.2 Å². The quantitative estimate of drug-likeness (QED) is 0.776. The first-order valence-electron chi connectivity index (χ1n) is 10.5. The van der Waals surface area contributed by atoms with Crippen LogP contribution < -0.4 is 10.3 Å². The third-order valence-electron chi connectivity index (χ3n) is 7.57. The van der Waals surface area contributed by atoms with E-state index in [1.165, 1.54) is 38.8 Å². The highest BCUT2D eigenvalue weighted by atomic mass is 16.4. The monoisotopic (exact) mass is 366 g/mol. The van der Waals surface area contributed by atoms with Gasteiger partial charge in [-0.1, -0.05) is 0 Å². The smallest absolute Gasteiger partial charge is 0.203 e. The summed E-state index contributed by atoms with van der Waals surface area (Å²) in [6.45, 7) is 3.53. The van der Waals surface area contributed by atoms with Gasteiger partial charge in [0.1, 0.15) is 11.3 Å². The number of nitrogens with zero attached hydrogens (tertiary/aromatic N) is 2. The molecule has 0 amide bonds. The number of rotatable bonds is 0. The van der Waals surface area contributed by atoms with Crippen molar-refractivity contribution in [3.63, 3.8) is 0 Å². The fraction of sp³-hybridized carbons (Fsp3) is 0.591. The summed E-state index contributed by atoms with van der Waals surface area (Å²) < 4.78 is 6.29. The molecule has 6 rings (SSSR count). The van der Waals surface area contributed by atoms with Gasteiger partial charge in [0.2, 0.25) is 5.88 Å². The summed E-state index contributed by atoms with van der Waals surface area (Å²) in [5.41, 5.74) is 1.43. The van der Waals surface area contributed by atoms with Crippen LogP contribution in [-0.2, 0) is 6.42 Å². The molecule has 4 aliphatic heterocycles. The molecule has 0 aliphatic carbocycles. The van der Waals surface area contributed by atoms with Crippen LogP contribution in [0.2, 0.25) is 0 Å². The summed E-state index contributed by atoms with van der Waals surface area (Å²) in [7, 11) is 0. The highest BCUT2D eigenvalue weighted by Crippen LogP contribution is 2.47. The molecule has 1 aromatic heterocycles. The van der Waals surface area contributed by atoms with Crippen LogP contribution in [0.25, 0.3) is 11.0 Å². The van der Waals surface area contributed by atoms with Crippen molar-refractivity contribution in [2.24, 2.45) is 11.8 Å². The normalized spacial score (nSPS) is 32.7. The maximum atomic E-state index is 13.1. The Hall–Kier alpha value is -2.01. The second-order valence-electron chi connectivity index (χ2n) is 8.89. The van der Waals surface area contributed by atoms with Gasteiger partial charge in [0, 0.05) is 24.7 Å². The third kappa shape index (κ3) is 2.24. The molecule has 0 unspecified atom stereocenters. The first-order valence-corrected chi connectivity index (χ1v) is 10.5. The van der Waals surface area contributed by atoms with E-state index in [4.69, 9.17) is 4.42 Å². The van der Waals surface area contributed by atoms with Gasteiger partial charge in [-0.3, -0.25) is 9.69 Å². The molecule has 0 radical (unpaired) electrons. The van der Waals surface area contributed by atoms with E-state index < -0.39 is 0 Å². The number of piperidine rings is 3. The average molecular weight is 366 g/mol. The maximum absolute atomic E-state index is 13.1. The van der Waals surface area contributed by atoms with Gasteiger partial charge in [-0.2, -0.15) is 0 Å². The summed E-state index contributed by atoms with van der Waals surface area (Å²) in [5.74, 6) is 2.30. The maximum Gasteiger partial charge on any atom is 0.203 e. The summed E-state index contributed by atoms with van der Waals surface area (Å²) in [5, 5.41) is 10.4. The van der Waals surface area contributed by atoms with E-state index >= 15 is 0 Å². The van der Waals surface area contributed by atoms with Crippen molar-refractivity contribution in [3.8, 4) is 5.75 Å².